The first-order chi connectivity index (χ1) is 9.60. The van der Waals surface area contributed by atoms with Gasteiger partial charge in [0.1, 0.15) is 0 Å². The molecule has 0 aromatic carbocycles. The van der Waals surface area contributed by atoms with Gasteiger partial charge in [0, 0.05) is 13.0 Å². The highest BCUT2D eigenvalue weighted by Crippen LogP contribution is 2.23. The van der Waals surface area contributed by atoms with Crippen molar-refractivity contribution < 1.29 is 0 Å². The van der Waals surface area contributed by atoms with Gasteiger partial charge in [0.15, 0.2) is 0 Å². The zero-order valence-electron chi connectivity index (χ0n) is 13.2. The van der Waals surface area contributed by atoms with Gasteiger partial charge < -0.3 is 5.32 Å². The number of nitrogens with one attached hydrogen (secondary N) is 1. The molecular weight excluding hydrogens is 314 g/mol. The lowest BCUT2D eigenvalue weighted by Crippen LogP contribution is -2.20. The molecule has 1 aromatic rings. The van der Waals surface area contributed by atoms with Gasteiger partial charge in [-0.25, -0.2) is 0 Å². The van der Waals surface area contributed by atoms with Crippen LogP contribution in [0, 0.1) is 5.92 Å². The third kappa shape index (κ3) is 5.41. The van der Waals surface area contributed by atoms with Gasteiger partial charge in [-0.05, 0) is 54.7 Å². The summed E-state index contributed by atoms with van der Waals surface area (Å²) in [6, 6.07) is 0. The van der Waals surface area contributed by atoms with Crippen LogP contribution in [0.1, 0.15) is 45.5 Å². The second-order valence-corrected chi connectivity index (χ2v) is 6.23. The van der Waals surface area contributed by atoms with E-state index in [1.165, 1.54) is 10.2 Å². The molecule has 1 rings (SSSR count). The van der Waals surface area contributed by atoms with Crippen molar-refractivity contribution in [1.29, 1.82) is 0 Å². The molecule has 20 heavy (non-hydrogen) atoms. The van der Waals surface area contributed by atoms with E-state index >= 15 is 0 Å². The van der Waals surface area contributed by atoms with Gasteiger partial charge in [-0.3, -0.25) is 4.68 Å². The Morgan fingerprint density at radius 1 is 1.30 bits per heavy atom. The highest BCUT2D eigenvalue weighted by molar-refractivity contribution is 9.10. The van der Waals surface area contributed by atoms with Crippen LogP contribution in [0.15, 0.2) is 16.6 Å². The fraction of sp³-hybridized carbons (Fsp3) is 0.688. The van der Waals surface area contributed by atoms with E-state index in [-0.39, 0.29) is 0 Å². The maximum atomic E-state index is 4.62. The van der Waals surface area contributed by atoms with E-state index in [1.807, 2.05) is 0 Å². The maximum Gasteiger partial charge on any atom is 0.0766 e. The standard InChI is InChI=1S/C16H28BrN3/c1-5-14-16(17)15(20(6-2)19-14)10-8-7-9-11-18-12-13(3)4/h7-8,13,18H,5-6,9-12H2,1-4H3. The van der Waals surface area contributed by atoms with E-state index in [0.29, 0.717) is 0 Å². The van der Waals surface area contributed by atoms with Crippen molar-refractivity contribution in [1.82, 2.24) is 15.1 Å². The number of aromatic nitrogens is 2. The molecule has 0 unspecified atom stereocenters. The molecule has 0 aliphatic heterocycles. The van der Waals surface area contributed by atoms with Crippen LogP contribution in [0.4, 0.5) is 0 Å². The van der Waals surface area contributed by atoms with Gasteiger partial charge in [-0.1, -0.05) is 32.9 Å². The van der Waals surface area contributed by atoms with Crippen molar-refractivity contribution in [2.45, 2.75) is 53.5 Å². The van der Waals surface area contributed by atoms with Crippen LogP contribution < -0.4 is 5.32 Å². The molecule has 0 aliphatic rings. The summed E-state index contributed by atoms with van der Waals surface area (Å²) in [6.45, 7) is 11.8. The molecule has 0 saturated carbocycles. The third-order valence-electron chi connectivity index (χ3n) is 3.21. The second kappa shape index (κ2) is 9.35. The van der Waals surface area contributed by atoms with E-state index in [4.69, 9.17) is 0 Å². The molecule has 0 bridgehead atoms. The number of aryl methyl sites for hydroxylation is 2. The first-order valence-corrected chi connectivity index (χ1v) is 8.49. The van der Waals surface area contributed by atoms with Crippen LogP contribution in [-0.4, -0.2) is 22.9 Å². The van der Waals surface area contributed by atoms with Crippen LogP contribution in [0.2, 0.25) is 0 Å². The molecule has 0 spiro atoms. The Kier molecular flexibility index (Phi) is 8.15. The molecule has 0 amide bonds. The predicted molar refractivity (Wildman–Crippen MR) is 90.1 cm³/mol. The summed E-state index contributed by atoms with van der Waals surface area (Å²) in [4.78, 5) is 0. The first kappa shape index (κ1) is 17.4. The summed E-state index contributed by atoms with van der Waals surface area (Å²) in [7, 11) is 0. The van der Waals surface area contributed by atoms with Crippen LogP contribution >= 0.6 is 15.9 Å². The number of hydrogen-bond acceptors (Lipinski definition) is 2. The average Bonchev–Trinajstić information content (AvgIpc) is 2.73. The van der Waals surface area contributed by atoms with Crippen molar-refractivity contribution in [3.05, 3.63) is 28.0 Å². The molecule has 0 fully saturated rings. The Balaban J connectivity index is 2.43. The molecule has 0 radical (unpaired) electrons. The number of halogens is 1. The molecule has 4 heteroatoms. The van der Waals surface area contributed by atoms with Crippen molar-refractivity contribution in [2.75, 3.05) is 13.1 Å². The van der Waals surface area contributed by atoms with Gasteiger partial charge in [-0.2, -0.15) is 5.10 Å². The highest BCUT2D eigenvalue weighted by atomic mass is 79.9. The Hall–Kier alpha value is -0.610. The Morgan fingerprint density at radius 2 is 2.05 bits per heavy atom. The number of hydrogen-bond donors (Lipinski definition) is 1. The zero-order chi connectivity index (χ0) is 15.0. The lowest BCUT2D eigenvalue weighted by Gasteiger charge is -2.05. The van der Waals surface area contributed by atoms with Crippen molar-refractivity contribution >= 4 is 15.9 Å². The Labute approximate surface area is 132 Å². The number of nitrogens with zero attached hydrogens (tertiary/aromatic N) is 2. The molecule has 114 valence electrons. The Morgan fingerprint density at radius 3 is 2.65 bits per heavy atom. The molecule has 0 saturated heterocycles. The largest absolute Gasteiger partial charge is 0.316 e. The fourth-order valence-corrected chi connectivity index (χ4v) is 2.83. The van der Waals surface area contributed by atoms with Crippen LogP contribution in [-0.2, 0) is 19.4 Å². The molecule has 0 atom stereocenters. The molecular formula is C16H28BrN3. The van der Waals surface area contributed by atoms with Crippen LogP contribution in [0.3, 0.4) is 0 Å². The van der Waals surface area contributed by atoms with E-state index in [1.54, 1.807) is 0 Å². The van der Waals surface area contributed by atoms with Gasteiger partial charge >= 0.3 is 0 Å². The molecule has 3 nitrogen and oxygen atoms in total. The summed E-state index contributed by atoms with van der Waals surface area (Å²) in [5.41, 5.74) is 2.45. The van der Waals surface area contributed by atoms with E-state index in [9.17, 15) is 0 Å². The van der Waals surface area contributed by atoms with Gasteiger partial charge in [0.2, 0.25) is 0 Å². The predicted octanol–water partition coefficient (Wildman–Crippen LogP) is 3.96. The molecule has 1 N–H and O–H groups in total. The van der Waals surface area contributed by atoms with Crippen molar-refractivity contribution in [3.8, 4) is 0 Å². The third-order valence-corrected chi connectivity index (χ3v) is 4.13. The summed E-state index contributed by atoms with van der Waals surface area (Å²) >= 11 is 3.68. The smallest absolute Gasteiger partial charge is 0.0766 e. The van der Waals surface area contributed by atoms with Crippen LogP contribution in [0.5, 0.6) is 0 Å². The molecule has 1 aromatic heterocycles. The fourth-order valence-electron chi connectivity index (χ4n) is 2.10. The maximum absolute atomic E-state index is 4.62. The number of rotatable bonds is 9. The minimum Gasteiger partial charge on any atom is -0.316 e. The SMILES string of the molecule is CCc1nn(CC)c(CC=CCCNCC(C)C)c1Br. The topological polar surface area (TPSA) is 29.9 Å². The molecule has 0 aliphatic carbocycles. The van der Waals surface area contributed by atoms with Crippen LogP contribution in [0.25, 0.3) is 0 Å². The minimum absolute atomic E-state index is 0.723. The quantitative estimate of drug-likeness (QED) is 0.544. The average molecular weight is 342 g/mol. The van der Waals surface area contributed by atoms with E-state index in [0.717, 1.165) is 50.5 Å². The monoisotopic (exact) mass is 341 g/mol. The summed E-state index contributed by atoms with van der Waals surface area (Å²) in [5.74, 6) is 0.723. The van der Waals surface area contributed by atoms with Crippen molar-refractivity contribution in [3.63, 3.8) is 0 Å². The lowest BCUT2D eigenvalue weighted by molar-refractivity contribution is 0.556. The van der Waals surface area contributed by atoms with Crippen molar-refractivity contribution in [2.24, 2.45) is 5.92 Å². The van der Waals surface area contributed by atoms with E-state index < -0.39 is 0 Å². The normalized spacial score (nSPS) is 11.9. The van der Waals surface area contributed by atoms with Gasteiger partial charge in [0.05, 0.1) is 15.9 Å². The van der Waals surface area contributed by atoms with Gasteiger partial charge in [-0.15, -0.1) is 0 Å². The molecule has 1 heterocycles. The zero-order valence-corrected chi connectivity index (χ0v) is 14.8. The highest BCUT2D eigenvalue weighted by Gasteiger charge is 2.11. The van der Waals surface area contributed by atoms with Gasteiger partial charge in [0.25, 0.3) is 0 Å². The summed E-state index contributed by atoms with van der Waals surface area (Å²) in [5, 5.41) is 8.07. The van der Waals surface area contributed by atoms with E-state index in [2.05, 4.69) is 70.9 Å². The Bertz CT molecular complexity index is 422. The first-order valence-electron chi connectivity index (χ1n) is 7.69. The lowest BCUT2D eigenvalue weighted by atomic mass is 10.2. The summed E-state index contributed by atoms with van der Waals surface area (Å²) in [6.07, 6.45) is 7.53. The summed E-state index contributed by atoms with van der Waals surface area (Å²) < 4.78 is 3.29. The second-order valence-electron chi connectivity index (χ2n) is 5.44. The number of allylic oxidation sites excluding steroid dienone is 1. The minimum atomic E-state index is 0.723.